The molecular formula is C19H37NO. The molecule has 1 aliphatic heterocycles. The first-order chi connectivity index (χ1) is 10.1. The van der Waals surface area contributed by atoms with Crippen LogP contribution in [-0.2, 0) is 4.74 Å². The molecule has 1 aliphatic carbocycles. The van der Waals surface area contributed by atoms with Gasteiger partial charge in [-0.3, -0.25) is 0 Å². The third-order valence-electron chi connectivity index (χ3n) is 5.86. The molecule has 2 rings (SSSR count). The zero-order chi connectivity index (χ0) is 15.2. The summed E-state index contributed by atoms with van der Waals surface area (Å²) in [6.07, 6.45) is 6.96. The number of nitrogens with one attached hydrogen (secondary N) is 1. The third-order valence-corrected chi connectivity index (χ3v) is 5.86. The summed E-state index contributed by atoms with van der Waals surface area (Å²) in [7, 11) is 0. The highest BCUT2D eigenvalue weighted by atomic mass is 16.5. The number of hydrogen-bond acceptors (Lipinski definition) is 2. The monoisotopic (exact) mass is 295 g/mol. The van der Waals surface area contributed by atoms with Gasteiger partial charge in [-0.15, -0.1) is 0 Å². The van der Waals surface area contributed by atoms with E-state index < -0.39 is 0 Å². The largest absolute Gasteiger partial charge is 0.381 e. The van der Waals surface area contributed by atoms with Gasteiger partial charge in [0.05, 0.1) is 0 Å². The van der Waals surface area contributed by atoms with Gasteiger partial charge in [0.1, 0.15) is 0 Å². The summed E-state index contributed by atoms with van der Waals surface area (Å²) >= 11 is 0. The van der Waals surface area contributed by atoms with Crippen molar-refractivity contribution in [2.24, 2.45) is 35.5 Å². The van der Waals surface area contributed by atoms with Crippen LogP contribution in [0.5, 0.6) is 0 Å². The molecule has 21 heavy (non-hydrogen) atoms. The van der Waals surface area contributed by atoms with E-state index in [1.807, 2.05) is 0 Å². The number of hydrogen-bond donors (Lipinski definition) is 1. The van der Waals surface area contributed by atoms with E-state index in [9.17, 15) is 0 Å². The molecule has 2 aliphatic rings. The predicted octanol–water partition coefficient (Wildman–Crippen LogP) is 4.35. The second-order valence-electron chi connectivity index (χ2n) is 8.24. The Bertz CT molecular complexity index is 281. The second kappa shape index (κ2) is 8.53. The van der Waals surface area contributed by atoms with Crippen molar-refractivity contribution < 1.29 is 4.74 Å². The van der Waals surface area contributed by atoms with Crippen molar-refractivity contribution in [1.29, 1.82) is 0 Å². The van der Waals surface area contributed by atoms with Crippen molar-refractivity contribution in [3.05, 3.63) is 0 Å². The van der Waals surface area contributed by atoms with Gasteiger partial charge in [0.25, 0.3) is 0 Å². The summed E-state index contributed by atoms with van der Waals surface area (Å²) in [4.78, 5) is 0. The number of ether oxygens (including phenoxy) is 1. The van der Waals surface area contributed by atoms with E-state index >= 15 is 0 Å². The third kappa shape index (κ3) is 5.25. The van der Waals surface area contributed by atoms with Crippen LogP contribution < -0.4 is 5.32 Å². The topological polar surface area (TPSA) is 21.3 Å². The number of rotatable bonds is 6. The molecule has 0 aromatic carbocycles. The molecule has 0 bridgehead atoms. The Kier molecular flexibility index (Phi) is 7.01. The van der Waals surface area contributed by atoms with Crippen LogP contribution in [0.2, 0.25) is 0 Å². The molecule has 2 nitrogen and oxygen atoms in total. The summed E-state index contributed by atoms with van der Waals surface area (Å²) in [5.41, 5.74) is 0. The molecule has 1 heterocycles. The fourth-order valence-corrected chi connectivity index (χ4v) is 4.44. The molecule has 1 saturated heterocycles. The van der Waals surface area contributed by atoms with Crippen LogP contribution in [0, 0.1) is 35.5 Å². The van der Waals surface area contributed by atoms with Crippen LogP contribution in [0.15, 0.2) is 0 Å². The van der Waals surface area contributed by atoms with E-state index in [1.165, 1.54) is 45.2 Å². The maximum Gasteiger partial charge on any atom is 0.0468 e. The van der Waals surface area contributed by atoms with E-state index in [0.717, 1.165) is 48.7 Å². The molecule has 124 valence electrons. The second-order valence-corrected chi connectivity index (χ2v) is 8.24. The van der Waals surface area contributed by atoms with Crippen molar-refractivity contribution in [2.45, 2.75) is 59.8 Å². The molecule has 0 aromatic heterocycles. The Morgan fingerprint density at radius 3 is 2.33 bits per heavy atom. The molecular weight excluding hydrogens is 258 g/mol. The van der Waals surface area contributed by atoms with E-state index in [1.54, 1.807) is 0 Å². The van der Waals surface area contributed by atoms with Gasteiger partial charge in [0.2, 0.25) is 0 Å². The lowest BCUT2D eigenvalue weighted by Gasteiger charge is -2.43. The molecule has 0 aromatic rings. The average Bonchev–Trinajstić information content (AvgIpc) is 2.48. The highest BCUT2D eigenvalue weighted by Crippen LogP contribution is 2.43. The Morgan fingerprint density at radius 1 is 1.00 bits per heavy atom. The van der Waals surface area contributed by atoms with Gasteiger partial charge in [-0.05, 0) is 80.7 Å². The highest BCUT2D eigenvalue weighted by Gasteiger charge is 2.36. The maximum absolute atomic E-state index is 5.60. The molecule has 3 unspecified atom stereocenters. The summed E-state index contributed by atoms with van der Waals surface area (Å²) in [5, 5.41) is 3.74. The Labute approximate surface area is 132 Å². The maximum atomic E-state index is 5.60. The van der Waals surface area contributed by atoms with Crippen molar-refractivity contribution in [1.82, 2.24) is 5.32 Å². The standard InChI is InChI=1S/C19H37NO/c1-14(2)12-20-13-18-6-5-17(15(3)4)11-19(18)16-7-9-21-10-8-16/h14-20H,5-13H2,1-4H3. The fourth-order valence-electron chi connectivity index (χ4n) is 4.44. The van der Waals surface area contributed by atoms with Gasteiger partial charge in [0.15, 0.2) is 0 Å². The average molecular weight is 296 g/mol. The SMILES string of the molecule is CC(C)CNCC1CCC(C(C)C)CC1C1CCOCC1. The van der Waals surface area contributed by atoms with Gasteiger partial charge in [-0.1, -0.05) is 27.7 Å². The lowest BCUT2D eigenvalue weighted by Crippen LogP contribution is -2.40. The molecule has 3 atom stereocenters. The minimum atomic E-state index is 0.763. The van der Waals surface area contributed by atoms with E-state index in [4.69, 9.17) is 4.74 Å². The first kappa shape index (κ1) is 17.3. The van der Waals surface area contributed by atoms with Gasteiger partial charge in [-0.2, -0.15) is 0 Å². The predicted molar refractivity (Wildman–Crippen MR) is 90.4 cm³/mol. The van der Waals surface area contributed by atoms with Crippen LogP contribution in [0.1, 0.15) is 59.8 Å². The summed E-state index contributed by atoms with van der Waals surface area (Å²) in [6, 6.07) is 0. The van der Waals surface area contributed by atoms with Crippen molar-refractivity contribution in [3.8, 4) is 0 Å². The van der Waals surface area contributed by atoms with Crippen LogP contribution >= 0.6 is 0 Å². The quantitative estimate of drug-likeness (QED) is 0.786. The normalized spacial score (nSPS) is 32.0. The van der Waals surface area contributed by atoms with E-state index in [2.05, 4.69) is 33.0 Å². The van der Waals surface area contributed by atoms with Gasteiger partial charge in [0, 0.05) is 13.2 Å². The summed E-state index contributed by atoms with van der Waals surface area (Å²) in [5.74, 6) is 5.34. The van der Waals surface area contributed by atoms with Crippen molar-refractivity contribution in [2.75, 3.05) is 26.3 Å². The molecule has 0 spiro atoms. The van der Waals surface area contributed by atoms with Crippen LogP contribution in [0.4, 0.5) is 0 Å². The summed E-state index contributed by atoms with van der Waals surface area (Å²) in [6.45, 7) is 13.9. The molecule has 1 N–H and O–H groups in total. The van der Waals surface area contributed by atoms with E-state index in [-0.39, 0.29) is 0 Å². The Balaban J connectivity index is 1.92. The van der Waals surface area contributed by atoms with Crippen LogP contribution in [-0.4, -0.2) is 26.3 Å². The van der Waals surface area contributed by atoms with Gasteiger partial charge >= 0.3 is 0 Å². The van der Waals surface area contributed by atoms with Crippen molar-refractivity contribution >= 4 is 0 Å². The Hall–Kier alpha value is -0.0800. The van der Waals surface area contributed by atoms with Crippen LogP contribution in [0.3, 0.4) is 0 Å². The summed E-state index contributed by atoms with van der Waals surface area (Å²) < 4.78 is 5.60. The Morgan fingerprint density at radius 2 is 1.71 bits per heavy atom. The van der Waals surface area contributed by atoms with Crippen molar-refractivity contribution in [3.63, 3.8) is 0 Å². The van der Waals surface area contributed by atoms with Gasteiger partial charge < -0.3 is 10.1 Å². The van der Waals surface area contributed by atoms with E-state index in [0.29, 0.717) is 0 Å². The zero-order valence-corrected chi connectivity index (χ0v) is 14.7. The minimum absolute atomic E-state index is 0.763. The van der Waals surface area contributed by atoms with Crippen LogP contribution in [0.25, 0.3) is 0 Å². The zero-order valence-electron chi connectivity index (χ0n) is 14.7. The fraction of sp³-hybridized carbons (Fsp3) is 1.00. The first-order valence-corrected chi connectivity index (χ1v) is 9.36. The molecule has 2 fully saturated rings. The lowest BCUT2D eigenvalue weighted by atomic mass is 9.64. The smallest absolute Gasteiger partial charge is 0.0468 e. The molecule has 2 heteroatoms. The molecule has 1 saturated carbocycles. The molecule has 0 amide bonds. The minimum Gasteiger partial charge on any atom is -0.381 e. The highest BCUT2D eigenvalue weighted by molar-refractivity contribution is 4.87. The lowest BCUT2D eigenvalue weighted by molar-refractivity contribution is 0.00950. The van der Waals surface area contributed by atoms with Gasteiger partial charge in [-0.25, -0.2) is 0 Å². The first-order valence-electron chi connectivity index (χ1n) is 9.36. The molecule has 0 radical (unpaired) electrons.